The van der Waals surface area contributed by atoms with Crippen LogP contribution >= 0.6 is 15.6 Å². The average molecular weight is 630 g/mol. The summed E-state index contributed by atoms with van der Waals surface area (Å²) < 4.78 is 50.2. The van der Waals surface area contributed by atoms with Crippen LogP contribution in [0.4, 0.5) is 0 Å². The Bertz CT molecular complexity index is 1580. The van der Waals surface area contributed by atoms with E-state index in [0.29, 0.717) is 4.57 Å². The lowest BCUT2D eigenvalue weighted by Crippen LogP contribution is -2.39. The number of ether oxygens (including phenoxy) is 2. The number of aliphatic hydroxyl groups is 3. The molecule has 0 amide bonds. The van der Waals surface area contributed by atoms with Gasteiger partial charge in [0, 0.05) is 24.5 Å². The molecule has 2 saturated heterocycles. The number of hydrogen-bond donors (Lipinski definition) is 8. The van der Waals surface area contributed by atoms with Gasteiger partial charge >= 0.3 is 27.0 Å². The van der Waals surface area contributed by atoms with E-state index in [1.54, 1.807) is 0 Å². The van der Waals surface area contributed by atoms with Crippen molar-refractivity contribution in [2.45, 2.75) is 49.1 Å². The summed E-state index contributed by atoms with van der Waals surface area (Å²) in [5.74, 6) is 0. The number of rotatable bonds is 10. The molecule has 8 N–H and O–H groups in total. The summed E-state index contributed by atoms with van der Waals surface area (Å²) in [5, 5.41) is 31.3. The fourth-order valence-electron chi connectivity index (χ4n) is 4.09. The molecule has 2 aliphatic heterocycles. The summed E-state index contributed by atoms with van der Waals surface area (Å²) in [4.78, 5) is 78.9. The summed E-state index contributed by atoms with van der Waals surface area (Å²) in [7, 11) is -10.4. The van der Waals surface area contributed by atoms with Crippen molar-refractivity contribution in [2.75, 3.05) is 13.2 Å². The molecule has 0 radical (unpaired) electrons. The van der Waals surface area contributed by atoms with Gasteiger partial charge < -0.3 is 39.5 Å². The molecule has 2 aliphatic rings. The van der Waals surface area contributed by atoms with Crippen LogP contribution in [-0.4, -0.2) is 98.9 Å². The zero-order chi connectivity index (χ0) is 30.3. The van der Waals surface area contributed by atoms with Crippen molar-refractivity contribution in [3.8, 4) is 0 Å². The van der Waals surface area contributed by atoms with Crippen molar-refractivity contribution >= 4 is 15.6 Å². The van der Waals surface area contributed by atoms with Crippen LogP contribution in [-0.2, 0) is 32.2 Å². The fourth-order valence-corrected chi connectivity index (χ4v) is 5.39. The Morgan fingerprint density at radius 1 is 0.756 bits per heavy atom. The van der Waals surface area contributed by atoms with Gasteiger partial charge in [0.05, 0.1) is 13.2 Å². The summed E-state index contributed by atoms with van der Waals surface area (Å²) in [6.45, 7) is -1.94. The van der Waals surface area contributed by atoms with Crippen molar-refractivity contribution < 1.29 is 62.2 Å². The largest absolute Gasteiger partial charge is 0.472 e. The molecule has 23 heteroatoms. The molecule has 2 fully saturated rings. The van der Waals surface area contributed by atoms with E-state index >= 15 is 0 Å². The zero-order valence-electron chi connectivity index (χ0n) is 20.3. The van der Waals surface area contributed by atoms with Gasteiger partial charge in [0.2, 0.25) is 0 Å². The molecule has 2 aromatic heterocycles. The number of hydrogen-bond acceptors (Lipinski definition) is 14. The Kier molecular flexibility index (Phi) is 9.12. The highest BCUT2D eigenvalue weighted by molar-refractivity contribution is 7.47. The normalized spacial score (nSPS) is 31.8. The maximum absolute atomic E-state index is 12.7. The molecule has 0 saturated carbocycles. The maximum atomic E-state index is 12.7. The van der Waals surface area contributed by atoms with Gasteiger partial charge in [-0.1, -0.05) is 0 Å². The maximum Gasteiger partial charge on any atom is 0.472 e. The van der Waals surface area contributed by atoms with E-state index in [1.165, 1.54) is 0 Å². The van der Waals surface area contributed by atoms with Gasteiger partial charge in [-0.05, 0) is 0 Å². The molecule has 2 aromatic rings. The zero-order valence-corrected chi connectivity index (χ0v) is 22.1. The lowest BCUT2D eigenvalue weighted by atomic mass is 10.1. The third-order valence-corrected chi connectivity index (χ3v) is 7.43. The van der Waals surface area contributed by atoms with E-state index in [4.69, 9.17) is 28.3 Å². The first-order valence-electron chi connectivity index (χ1n) is 11.4. The Morgan fingerprint density at radius 3 is 1.76 bits per heavy atom. The summed E-state index contributed by atoms with van der Waals surface area (Å²) >= 11 is 0. The highest BCUT2D eigenvalue weighted by atomic mass is 31.2. The predicted octanol–water partition coefficient (Wildman–Crippen LogP) is -4.42. The van der Waals surface area contributed by atoms with Gasteiger partial charge in [-0.15, -0.1) is 0 Å². The Morgan fingerprint density at radius 2 is 1.24 bits per heavy atom. The minimum atomic E-state index is -5.25. The van der Waals surface area contributed by atoms with E-state index in [-0.39, 0.29) is 0 Å². The number of aliphatic hydroxyl groups excluding tert-OH is 3. The first-order chi connectivity index (χ1) is 19.1. The van der Waals surface area contributed by atoms with Crippen LogP contribution in [0.15, 0.2) is 43.7 Å². The highest BCUT2D eigenvalue weighted by Gasteiger charge is 2.51. The number of aromatic nitrogens is 4. The third kappa shape index (κ3) is 7.24. The number of aromatic amines is 2. The van der Waals surface area contributed by atoms with Crippen LogP contribution in [0.3, 0.4) is 0 Å². The second-order valence-corrected chi connectivity index (χ2v) is 11.4. The van der Waals surface area contributed by atoms with Crippen molar-refractivity contribution in [2.24, 2.45) is 0 Å². The van der Waals surface area contributed by atoms with Crippen LogP contribution in [0.5, 0.6) is 0 Å². The van der Waals surface area contributed by atoms with Crippen molar-refractivity contribution in [3.63, 3.8) is 0 Å². The predicted molar refractivity (Wildman–Crippen MR) is 127 cm³/mol. The van der Waals surface area contributed by atoms with Crippen LogP contribution < -0.4 is 22.5 Å². The van der Waals surface area contributed by atoms with Crippen molar-refractivity contribution in [1.29, 1.82) is 0 Å². The Hall–Kier alpha value is -2.62. The summed E-state index contributed by atoms with van der Waals surface area (Å²) in [5.41, 5.74) is -3.59. The first-order valence-corrected chi connectivity index (χ1v) is 14.4. The van der Waals surface area contributed by atoms with E-state index in [2.05, 4.69) is 4.52 Å². The van der Waals surface area contributed by atoms with Crippen molar-refractivity contribution in [1.82, 2.24) is 19.1 Å². The molecule has 4 rings (SSSR count). The molecule has 0 spiro atoms. The second-order valence-electron chi connectivity index (χ2n) is 8.76. The minimum absolute atomic E-state index is 0.673. The first kappa shape index (κ1) is 31.3. The quantitative estimate of drug-likeness (QED) is 0.115. The SMILES string of the molecule is O=c1ccn([C@@H]2O[C@H](COP(=O)(O)O[C@H]3[C@@H](O)[C@H](n4ccc(=O)[nH]c4=O)O[C@@H]3COP(=O)(O)O)[C@@H](O)[C@H]2O)c(=O)[nH]1. The number of nitrogens with one attached hydrogen (secondary N) is 2. The average Bonchev–Trinajstić information content (AvgIpc) is 3.31. The van der Waals surface area contributed by atoms with E-state index in [1.807, 2.05) is 9.97 Å². The molecule has 0 aliphatic carbocycles. The van der Waals surface area contributed by atoms with Crippen molar-refractivity contribution in [3.05, 3.63) is 66.2 Å². The number of phosphoric ester groups is 2. The molecule has 228 valence electrons. The summed E-state index contributed by atoms with van der Waals surface area (Å²) in [6.07, 6.45) is -11.9. The molecule has 4 heterocycles. The molecule has 21 nitrogen and oxygen atoms in total. The minimum Gasteiger partial charge on any atom is -0.387 e. The van der Waals surface area contributed by atoms with E-state index in [0.717, 1.165) is 29.1 Å². The van der Waals surface area contributed by atoms with Crippen LogP contribution in [0.1, 0.15) is 12.5 Å². The van der Waals surface area contributed by atoms with Gasteiger partial charge in [-0.25, -0.2) is 18.7 Å². The molecule has 1 unspecified atom stereocenters. The number of phosphoric acid groups is 2. The van der Waals surface area contributed by atoms with E-state index < -0.39 is 100 Å². The fraction of sp³-hybridized carbons (Fsp3) is 0.556. The highest BCUT2D eigenvalue weighted by Crippen LogP contribution is 2.49. The van der Waals surface area contributed by atoms with Crippen LogP contribution in [0.25, 0.3) is 0 Å². The summed E-state index contributed by atoms with van der Waals surface area (Å²) in [6, 6.07) is 1.84. The standard InChI is InChI=1S/C18H24N4O17P2/c23-9-1-3-21(17(28)19-9)15-12(26)11(25)7(37-15)5-36-41(33,34)39-14-8(6-35-40(30,31)32)38-16(13(14)27)22-4-2-10(24)20-18(22)29/h1-4,7-8,11-16,25-27H,5-6H2,(H,33,34)(H,19,23,28)(H,20,24,29)(H2,30,31,32)/t7-,8-,11-,12-,13-,14-,15-,16-/m1/s1. The monoisotopic (exact) mass is 630 g/mol. The second kappa shape index (κ2) is 11.9. The van der Waals surface area contributed by atoms with Gasteiger partial charge in [0.25, 0.3) is 11.1 Å². The molecule has 0 aromatic carbocycles. The number of nitrogens with zero attached hydrogens (tertiary/aromatic N) is 2. The third-order valence-electron chi connectivity index (χ3n) is 5.96. The Labute approximate surface area is 226 Å². The van der Waals surface area contributed by atoms with E-state index in [9.17, 15) is 48.5 Å². The van der Waals surface area contributed by atoms with Gasteiger partial charge in [0.1, 0.15) is 36.6 Å². The molecule has 9 atom stereocenters. The van der Waals surface area contributed by atoms with Crippen LogP contribution in [0.2, 0.25) is 0 Å². The molecule has 41 heavy (non-hydrogen) atoms. The van der Waals surface area contributed by atoms with Gasteiger partial charge in [-0.3, -0.25) is 42.3 Å². The molecule has 0 bridgehead atoms. The van der Waals surface area contributed by atoms with Gasteiger partial charge in [0.15, 0.2) is 12.5 Å². The lowest BCUT2D eigenvalue weighted by Gasteiger charge is -2.24. The van der Waals surface area contributed by atoms with Crippen LogP contribution in [0, 0.1) is 0 Å². The number of H-pyrrole nitrogens is 2. The smallest absolute Gasteiger partial charge is 0.387 e. The Balaban J connectivity index is 1.48. The molecular weight excluding hydrogens is 606 g/mol. The lowest BCUT2D eigenvalue weighted by molar-refractivity contribution is -0.0611. The van der Waals surface area contributed by atoms with Gasteiger partial charge in [-0.2, -0.15) is 0 Å². The molecular formula is C18H24N4O17P2. The topological polar surface area (TPSA) is 311 Å².